The van der Waals surface area contributed by atoms with E-state index < -0.39 is 0 Å². The van der Waals surface area contributed by atoms with Crippen LogP contribution in [0, 0.1) is 5.82 Å². The number of aromatic nitrogens is 4. The highest BCUT2D eigenvalue weighted by molar-refractivity contribution is 5.23. The van der Waals surface area contributed by atoms with Gasteiger partial charge in [-0.05, 0) is 33.2 Å². The molecule has 22 heavy (non-hydrogen) atoms. The zero-order chi connectivity index (χ0) is 15.4. The quantitative estimate of drug-likeness (QED) is 0.781. The first-order valence-corrected chi connectivity index (χ1v) is 7.02. The lowest BCUT2D eigenvalue weighted by Crippen LogP contribution is -2.08. The van der Waals surface area contributed by atoms with Gasteiger partial charge in [0, 0.05) is 13.0 Å². The summed E-state index contributed by atoms with van der Waals surface area (Å²) >= 11 is 0. The molecule has 1 aromatic heterocycles. The fourth-order valence-electron chi connectivity index (χ4n) is 2.24. The summed E-state index contributed by atoms with van der Waals surface area (Å²) < 4.78 is 15.4. The van der Waals surface area contributed by atoms with Crippen LogP contribution < -0.4 is 5.73 Å². The van der Waals surface area contributed by atoms with Crippen LogP contribution in [-0.4, -0.2) is 20.2 Å². The largest absolute Gasteiger partial charge is 0.326 e. The average Bonchev–Trinajstić information content (AvgIpc) is 2.97. The summed E-state index contributed by atoms with van der Waals surface area (Å²) in [4.78, 5) is 0. The number of rotatable bonds is 5. The van der Waals surface area contributed by atoms with E-state index in [4.69, 9.17) is 5.73 Å². The lowest BCUT2D eigenvalue weighted by molar-refractivity contribution is 0.598. The van der Waals surface area contributed by atoms with Crippen molar-refractivity contribution >= 4 is 0 Å². The molecule has 0 aliphatic heterocycles. The predicted molar refractivity (Wildman–Crippen MR) is 80.5 cm³/mol. The molecule has 5 nitrogen and oxygen atoms in total. The van der Waals surface area contributed by atoms with Crippen LogP contribution in [0.4, 0.5) is 4.39 Å². The number of nitrogens with zero attached hydrogens (tertiary/aromatic N) is 4. The molecule has 2 N–H and O–H groups in total. The monoisotopic (exact) mass is 297 g/mol. The molecule has 0 unspecified atom stereocenters. The van der Waals surface area contributed by atoms with Crippen LogP contribution in [-0.2, 0) is 19.5 Å². The van der Waals surface area contributed by atoms with Crippen LogP contribution in [0.25, 0.3) is 0 Å². The molecule has 0 bridgehead atoms. The topological polar surface area (TPSA) is 69.6 Å². The van der Waals surface area contributed by atoms with Crippen molar-refractivity contribution in [1.29, 1.82) is 0 Å². The smallest absolute Gasteiger partial charge is 0.156 e. The first-order chi connectivity index (χ1) is 10.8. The van der Waals surface area contributed by atoms with Crippen molar-refractivity contribution in [2.45, 2.75) is 19.5 Å². The standard InChI is InChI=1S/C16H16FN5/c17-15-4-2-1-3-14(15)9-16-19-20-21-22(16)11-13-7-5-12(10-18)6-8-13/h1-8H,9-11,18H2. The fraction of sp³-hybridized carbons (Fsp3) is 0.188. The molecule has 0 aliphatic rings. The van der Waals surface area contributed by atoms with Crippen molar-refractivity contribution in [3.63, 3.8) is 0 Å². The molecule has 0 fully saturated rings. The van der Waals surface area contributed by atoms with Gasteiger partial charge < -0.3 is 5.73 Å². The van der Waals surface area contributed by atoms with Gasteiger partial charge in [-0.15, -0.1) is 5.10 Å². The van der Waals surface area contributed by atoms with Crippen molar-refractivity contribution in [2.75, 3.05) is 0 Å². The fourth-order valence-corrected chi connectivity index (χ4v) is 2.24. The Balaban J connectivity index is 1.78. The Morgan fingerprint density at radius 2 is 1.73 bits per heavy atom. The zero-order valence-corrected chi connectivity index (χ0v) is 12.0. The molecule has 0 amide bonds. The number of halogens is 1. The van der Waals surface area contributed by atoms with Crippen molar-refractivity contribution in [3.05, 3.63) is 76.9 Å². The molecule has 6 heteroatoms. The van der Waals surface area contributed by atoms with Crippen LogP contribution in [0.5, 0.6) is 0 Å². The van der Waals surface area contributed by atoms with Crippen LogP contribution in [0.1, 0.15) is 22.5 Å². The third-order valence-corrected chi connectivity index (χ3v) is 3.50. The predicted octanol–water partition coefficient (Wildman–Crippen LogP) is 1.91. The molecule has 2 aromatic carbocycles. The molecule has 0 aliphatic carbocycles. The number of hydrogen-bond donors (Lipinski definition) is 1. The molecular formula is C16H16FN5. The summed E-state index contributed by atoms with van der Waals surface area (Å²) in [6, 6.07) is 14.6. The SMILES string of the molecule is NCc1ccc(Cn2nnnc2Cc2ccccc2F)cc1. The average molecular weight is 297 g/mol. The van der Waals surface area contributed by atoms with Gasteiger partial charge in [0.1, 0.15) is 5.82 Å². The first-order valence-electron chi connectivity index (χ1n) is 7.02. The van der Waals surface area contributed by atoms with Crippen LogP contribution in [0.15, 0.2) is 48.5 Å². The Morgan fingerprint density at radius 3 is 2.45 bits per heavy atom. The van der Waals surface area contributed by atoms with E-state index >= 15 is 0 Å². The maximum absolute atomic E-state index is 13.7. The van der Waals surface area contributed by atoms with E-state index in [0.717, 1.165) is 11.1 Å². The molecule has 0 atom stereocenters. The second-order valence-electron chi connectivity index (χ2n) is 5.04. The van der Waals surface area contributed by atoms with Crippen LogP contribution in [0.3, 0.4) is 0 Å². The van der Waals surface area contributed by atoms with Crippen LogP contribution in [0.2, 0.25) is 0 Å². The Labute approximate surface area is 127 Å². The highest BCUT2D eigenvalue weighted by atomic mass is 19.1. The molecule has 0 radical (unpaired) electrons. The van der Waals surface area contributed by atoms with E-state index in [1.165, 1.54) is 6.07 Å². The maximum Gasteiger partial charge on any atom is 0.156 e. The van der Waals surface area contributed by atoms with E-state index in [1.54, 1.807) is 22.9 Å². The van der Waals surface area contributed by atoms with E-state index in [-0.39, 0.29) is 5.82 Å². The number of nitrogens with two attached hydrogens (primary N) is 1. The van der Waals surface area contributed by atoms with Crippen molar-refractivity contribution < 1.29 is 4.39 Å². The van der Waals surface area contributed by atoms with Gasteiger partial charge in [0.2, 0.25) is 0 Å². The molecule has 0 saturated heterocycles. The van der Waals surface area contributed by atoms with E-state index in [1.807, 2.05) is 24.3 Å². The second-order valence-corrected chi connectivity index (χ2v) is 5.04. The van der Waals surface area contributed by atoms with Gasteiger partial charge in [-0.2, -0.15) is 0 Å². The Hall–Kier alpha value is -2.60. The molecule has 112 valence electrons. The van der Waals surface area contributed by atoms with E-state index in [9.17, 15) is 4.39 Å². The maximum atomic E-state index is 13.7. The first kappa shape index (κ1) is 14.3. The summed E-state index contributed by atoms with van der Waals surface area (Å²) in [5.74, 6) is 0.386. The van der Waals surface area contributed by atoms with Gasteiger partial charge in [-0.25, -0.2) is 9.07 Å². The summed E-state index contributed by atoms with van der Waals surface area (Å²) in [6.45, 7) is 1.06. The summed E-state index contributed by atoms with van der Waals surface area (Å²) in [5.41, 5.74) is 8.31. The minimum atomic E-state index is -0.246. The lowest BCUT2D eigenvalue weighted by atomic mass is 10.1. The van der Waals surface area contributed by atoms with Gasteiger partial charge in [0.05, 0.1) is 6.54 Å². The Bertz CT molecular complexity index is 751. The van der Waals surface area contributed by atoms with Crippen molar-refractivity contribution in [2.24, 2.45) is 5.73 Å². The molecule has 0 spiro atoms. The van der Waals surface area contributed by atoms with Gasteiger partial charge in [0.15, 0.2) is 5.82 Å². The summed E-state index contributed by atoms with van der Waals surface area (Å²) in [7, 11) is 0. The third-order valence-electron chi connectivity index (χ3n) is 3.50. The summed E-state index contributed by atoms with van der Waals surface area (Å²) in [5, 5.41) is 11.7. The Morgan fingerprint density at radius 1 is 1.00 bits per heavy atom. The molecule has 0 saturated carbocycles. The molecule has 3 aromatic rings. The van der Waals surface area contributed by atoms with E-state index in [0.29, 0.717) is 30.9 Å². The minimum absolute atomic E-state index is 0.246. The lowest BCUT2D eigenvalue weighted by Gasteiger charge is -2.06. The van der Waals surface area contributed by atoms with Gasteiger partial charge in [-0.3, -0.25) is 0 Å². The second kappa shape index (κ2) is 6.44. The molecule has 1 heterocycles. The highest BCUT2D eigenvalue weighted by Crippen LogP contribution is 2.12. The van der Waals surface area contributed by atoms with Crippen molar-refractivity contribution in [1.82, 2.24) is 20.2 Å². The number of hydrogen-bond acceptors (Lipinski definition) is 4. The van der Waals surface area contributed by atoms with Crippen molar-refractivity contribution in [3.8, 4) is 0 Å². The molecule has 3 rings (SSSR count). The van der Waals surface area contributed by atoms with E-state index in [2.05, 4.69) is 15.5 Å². The Kier molecular flexibility index (Phi) is 4.20. The van der Waals surface area contributed by atoms with Gasteiger partial charge in [-0.1, -0.05) is 42.5 Å². The normalized spacial score (nSPS) is 10.8. The molecular weight excluding hydrogens is 281 g/mol. The number of benzene rings is 2. The minimum Gasteiger partial charge on any atom is -0.326 e. The van der Waals surface area contributed by atoms with Gasteiger partial charge in [0.25, 0.3) is 0 Å². The van der Waals surface area contributed by atoms with Gasteiger partial charge >= 0.3 is 0 Å². The van der Waals surface area contributed by atoms with Crippen LogP contribution >= 0.6 is 0 Å². The zero-order valence-electron chi connectivity index (χ0n) is 12.0. The third kappa shape index (κ3) is 3.17. The number of tetrazole rings is 1. The summed E-state index contributed by atoms with van der Waals surface area (Å²) in [6.07, 6.45) is 0.362. The highest BCUT2D eigenvalue weighted by Gasteiger charge is 2.10.